The van der Waals surface area contributed by atoms with Crippen LogP contribution in [0.25, 0.3) is 0 Å². The summed E-state index contributed by atoms with van der Waals surface area (Å²) >= 11 is 1.31. The van der Waals surface area contributed by atoms with Crippen LogP contribution in [0.3, 0.4) is 0 Å². The first-order valence-corrected chi connectivity index (χ1v) is 4.71. The van der Waals surface area contributed by atoms with Crippen LogP contribution in [0.2, 0.25) is 0 Å². The Morgan fingerprint density at radius 1 is 1.64 bits per heavy atom. The Labute approximate surface area is 83.4 Å². The van der Waals surface area contributed by atoms with E-state index in [0.29, 0.717) is 5.56 Å². The zero-order valence-corrected chi connectivity index (χ0v) is 7.88. The highest BCUT2D eigenvalue weighted by molar-refractivity contribution is 7.08. The van der Waals surface area contributed by atoms with Gasteiger partial charge in [0, 0.05) is 5.38 Å². The molecule has 1 atom stereocenters. The Bertz CT molecular complexity index is 325. The van der Waals surface area contributed by atoms with E-state index in [1.807, 2.05) is 0 Å². The molecule has 76 valence electrons. The van der Waals surface area contributed by atoms with Crippen molar-refractivity contribution < 1.29 is 19.1 Å². The molecule has 0 saturated heterocycles. The van der Waals surface area contributed by atoms with Gasteiger partial charge in [-0.1, -0.05) is 0 Å². The molecule has 14 heavy (non-hydrogen) atoms. The van der Waals surface area contributed by atoms with Crippen LogP contribution in [0.5, 0.6) is 0 Å². The standard InChI is InChI=1S/C8H8FNO3S/c9-3-6(8(12)13)10-7(11)5-1-2-14-4-5/h1-2,4,6H,3H2,(H,10,11)(H,12,13). The molecule has 0 bridgehead atoms. The number of hydrogen-bond acceptors (Lipinski definition) is 3. The van der Waals surface area contributed by atoms with Crippen LogP contribution < -0.4 is 5.32 Å². The van der Waals surface area contributed by atoms with E-state index in [4.69, 9.17) is 5.11 Å². The van der Waals surface area contributed by atoms with Crippen LogP contribution in [0.15, 0.2) is 16.8 Å². The van der Waals surface area contributed by atoms with Gasteiger partial charge in [0.15, 0.2) is 6.04 Å². The molecule has 0 radical (unpaired) electrons. The van der Waals surface area contributed by atoms with Gasteiger partial charge in [0.2, 0.25) is 0 Å². The van der Waals surface area contributed by atoms with E-state index in [1.54, 1.807) is 10.8 Å². The maximum absolute atomic E-state index is 12.1. The third-order valence-electron chi connectivity index (χ3n) is 1.54. The molecule has 0 saturated carbocycles. The van der Waals surface area contributed by atoms with Crippen molar-refractivity contribution in [2.75, 3.05) is 6.67 Å². The first kappa shape index (κ1) is 10.6. The number of alkyl halides is 1. The van der Waals surface area contributed by atoms with Gasteiger partial charge in [0.25, 0.3) is 5.91 Å². The lowest BCUT2D eigenvalue weighted by Gasteiger charge is -2.09. The van der Waals surface area contributed by atoms with Crippen LogP contribution in [-0.4, -0.2) is 29.7 Å². The number of carbonyl (C=O) groups excluding carboxylic acids is 1. The molecule has 4 nitrogen and oxygen atoms in total. The summed E-state index contributed by atoms with van der Waals surface area (Å²) in [6, 6.07) is 0.0688. The lowest BCUT2D eigenvalue weighted by Crippen LogP contribution is -2.42. The summed E-state index contributed by atoms with van der Waals surface area (Å²) in [7, 11) is 0. The average Bonchev–Trinajstić information content (AvgIpc) is 2.65. The molecule has 0 aliphatic carbocycles. The molecule has 0 aliphatic heterocycles. The van der Waals surface area contributed by atoms with Crippen molar-refractivity contribution in [3.63, 3.8) is 0 Å². The summed E-state index contributed by atoms with van der Waals surface area (Å²) in [5.74, 6) is -1.95. The Morgan fingerprint density at radius 2 is 2.36 bits per heavy atom. The monoisotopic (exact) mass is 217 g/mol. The number of halogens is 1. The number of aliphatic carboxylic acids is 1. The third kappa shape index (κ3) is 2.53. The normalized spacial score (nSPS) is 12.1. The van der Waals surface area contributed by atoms with Crippen molar-refractivity contribution in [1.29, 1.82) is 0 Å². The van der Waals surface area contributed by atoms with E-state index < -0.39 is 24.6 Å². The van der Waals surface area contributed by atoms with E-state index in [-0.39, 0.29) is 0 Å². The Kier molecular flexibility index (Phi) is 3.58. The molecule has 6 heteroatoms. The first-order valence-electron chi connectivity index (χ1n) is 3.77. The fourth-order valence-electron chi connectivity index (χ4n) is 0.802. The van der Waals surface area contributed by atoms with Gasteiger partial charge >= 0.3 is 5.97 Å². The molecule has 1 heterocycles. The minimum Gasteiger partial charge on any atom is -0.480 e. The number of amides is 1. The predicted molar refractivity (Wildman–Crippen MR) is 49.2 cm³/mol. The molecule has 2 N–H and O–H groups in total. The molecule has 1 rings (SSSR count). The Morgan fingerprint density at radius 3 is 2.79 bits per heavy atom. The lowest BCUT2D eigenvalue weighted by atomic mass is 10.2. The molecule has 1 amide bonds. The smallest absolute Gasteiger partial charge is 0.328 e. The molecule has 1 aromatic heterocycles. The molecule has 0 aliphatic rings. The van der Waals surface area contributed by atoms with Gasteiger partial charge in [-0.3, -0.25) is 4.79 Å². The maximum atomic E-state index is 12.1. The molecular formula is C8H8FNO3S. The summed E-state index contributed by atoms with van der Waals surface area (Å²) in [5, 5.41) is 13.8. The van der Waals surface area contributed by atoms with Crippen LogP contribution in [-0.2, 0) is 4.79 Å². The third-order valence-corrected chi connectivity index (χ3v) is 2.22. The van der Waals surface area contributed by atoms with E-state index >= 15 is 0 Å². The first-order chi connectivity index (χ1) is 6.65. The molecule has 1 unspecified atom stereocenters. The lowest BCUT2D eigenvalue weighted by molar-refractivity contribution is -0.139. The van der Waals surface area contributed by atoms with Gasteiger partial charge in [0.1, 0.15) is 6.67 Å². The zero-order chi connectivity index (χ0) is 10.6. The number of hydrogen-bond donors (Lipinski definition) is 2. The van der Waals surface area contributed by atoms with Gasteiger partial charge in [-0.2, -0.15) is 11.3 Å². The second kappa shape index (κ2) is 4.71. The van der Waals surface area contributed by atoms with E-state index in [2.05, 4.69) is 5.32 Å². The average molecular weight is 217 g/mol. The highest BCUT2D eigenvalue weighted by atomic mass is 32.1. The van der Waals surface area contributed by atoms with Crippen molar-refractivity contribution in [1.82, 2.24) is 5.32 Å². The number of thiophene rings is 1. The molecule has 1 aromatic rings. The van der Waals surface area contributed by atoms with Crippen LogP contribution >= 0.6 is 11.3 Å². The molecular weight excluding hydrogens is 209 g/mol. The van der Waals surface area contributed by atoms with Crippen molar-refractivity contribution in [3.8, 4) is 0 Å². The van der Waals surface area contributed by atoms with E-state index in [0.717, 1.165) is 0 Å². The van der Waals surface area contributed by atoms with Crippen molar-refractivity contribution in [2.45, 2.75) is 6.04 Å². The van der Waals surface area contributed by atoms with Crippen molar-refractivity contribution >= 4 is 23.2 Å². The zero-order valence-electron chi connectivity index (χ0n) is 7.07. The molecule has 0 fully saturated rings. The summed E-state index contributed by atoms with van der Waals surface area (Å²) < 4.78 is 12.1. The number of carboxylic acid groups (broad SMARTS) is 1. The molecule has 0 aromatic carbocycles. The second-order valence-corrected chi connectivity index (χ2v) is 3.31. The topological polar surface area (TPSA) is 66.4 Å². The fourth-order valence-corrected chi connectivity index (χ4v) is 1.44. The number of carbonyl (C=O) groups is 2. The van der Waals surface area contributed by atoms with Crippen molar-refractivity contribution in [3.05, 3.63) is 22.4 Å². The number of nitrogens with one attached hydrogen (secondary N) is 1. The van der Waals surface area contributed by atoms with E-state index in [1.165, 1.54) is 17.4 Å². The predicted octanol–water partition coefficient (Wildman–Crippen LogP) is 0.901. The second-order valence-electron chi connectivity index (χ2n) is 2.53. The van der Waals surface area contributed by atoms with Gasteiger partial charge < -0.3 is 10.4 Å². The van der Waals surface area contributed by atoms with Crippen LogP contribution in [0.4, 0.5) is 4.39 Å². The number of carboxylic acids is 1. The summed E-state index contributed by atoms with van der Waals surface area (Å²) in [5.41, 5.74) is 0.342. The maximum Gasteiger partial charge on any atom is 0.328 e. The largest absolute Gasteiger partial charge is 0.480 e. The highest BCUT2D eigenvalue weighted by Crippen LogP contribution is 2.05. The van der Waals surface area contributed by atoms with E-state index in [9.17, 15) is 14.0 Å². The van der Waals surface area contributed by atoms with Gasteiger partial charge in [-0.15, -0.1) is 0 Å². The Hall–Kier alpha value is -1.43. The van der Waals surface area contributed by atoms with Gasteiger partial charge in [-0.25, -0.2) is 9.18 Å². The SMILES string of the molecule is O=C(NC(CF)C(=O)O)c1ccsc1. The Balaban J connectivity index is 2.60. The van der Waals surface area contributed by atoms with Crippen molar-refractivity contribution in [2.24, 2.45) is 0 Å². The molecule has 0 spiro atoms. The van der Waals surface area contributed by atoms with Gasteiger partial charge in [0.05, 0.1) is 5.56 Å². The van der Waals surface area contributed by atoms with Gasteiger partial charge in [-0.05, 0) is 11.4 Å². The highest BCUT2D eigenvalue weighted by Gasteiger charge is 2.20. The minimum atomic E-state index is -1.47. The van der Waals surface area contributed by atoms with Crippen LogP contribution in [0.1, 0.15) is 10.4 Å². The number of rotatable bonds is 4. The minimum absolute atomic E-state index is 0.342. The summed E-state index contributed by atoms with van der Waals surface area (Å²) in [6.45, 7) is -1.12. The fraction of sp³-hybridized carbons (Fsp3) is 0.250. The quantitative estimate of drug-likeness (QED) is 0.787. The summed E-state index contributed by atoms with van der Waals surface area (Å²) in [6.07, 6.45) is 0. The van der Waals surface area contributed by atoms with Crippen LogP contribution in [0, 0.1) is 0 Å². The summed E-state index contributed by atoms with van der Waals surface area (Å²) in [4.78, 5) is 21.6.